The Labute approximate surface area is 143 Å². The first-order chi connectivity index (χ1) is 10.6. The fourth-order valence-corrected chi connectivity index (χ4v) is 3.63. The number of halogens is 2. The number of nitrogens with zero attached hydrogens (tertiary/aromatic N) is 1. The van der Waals surface area contributed by atoms with Crippen LogP contribution >= 0.6 is 12.4 Å². The number of hydrogen-bond donors (Lipinski definition) is 1. The quantitative estimate of drug-likeness (QED) is 0.897. The molecule has 2 nitrogen and oxygen atoms in total. The molecule has 2 aromatic carbocycles. The molecule has 0 fully saturated rings. The molecule has 0 aliphatic heterocycles. The molecule has 0 aromatic heterocycles. The van der Waals surface area contributed by atoms with E-state index in [1.807, 2.05) is 18.2 Å². The monoisotopic (exact) mass is 335 g/mol. The van der Waals surface area contributed by atoms with E-state index < -0.39 is 5.82 Å². The average Bonchev–Trinajstić information content (AvgIpc) is 2.87. The van der Waals surface area contributed by atoms with E-state index in [9.17, 15) is 9.50 Å². The highest BCUT2D eigenvalue weighted by atomic mass is 35.5. The number of fused-ring (bicyclic) bond motifs is 1. The normalized spacial score (nSPS) is 19.5. The summed E-state index contributed by atoms with van der Waals surface area (Å²) in [6, 6.07) is 13.7. The molecule has 0 bridgehead atoms. The number of rotatable bonds is 4. The minimum Gasteiger partial charge on any atom is -0.505 e. The van der Waals surface area contributed by atoms with Crippen LogP contribution in [0.2, 0.25) is 0 Å². The molecule has 0 radical (unpaired) electrons. The van der Waals surface area contributed by atoms with Gasteiger partial charge in [0.1, 0.15) is 0 Å². The number of likely N-dealkylation sites (N-methyl/N-ethyl adjacent to an activating group) is 1. The molecular formula is C19H23ClFNO. The van der Waals surface area contributed by atoms with Gasteiger partial charge in [-0.15, -0.1) is 12.4 Å². The second-order valence-corrected chi connectivity index (χ2v) is 6.14. The Hall–Kier alpha value is -1.58. The van der Waals surface area contributed by atoms with Crippen molar-refractivity contribution in [3.63, 3.8) is 0 Å². The van der Waals surface area contributed by atoms with Gasteiger partial charge in [0.15, 0.2) is 11.6 Å². The van der Waals surface area contributed by atoms with Crippen molar-refractivity contribution < 1.29 is 9.50 Å². The lowest BCUT2D eigenvalue weighted by atomic mass is 9.89. The number of hydrogen-bond acceptors (Lipinski definition) is 2. The predicted octanol–water partition coefficient (Wildman–Crippen LogP) is 4.35. The summed E-state index contributed by atoms with van der Waals surface area (Å²) in [6.45, 7) is 3.18. The van der Waals surface area contributed by atoms with Crippen LogP contribution in [0.15, 0.2) is 42.5 Å². The molecule has 23 heavy (non-hydrogen) atoms. The van der Waals surface area contributed by atoms with E-state index >= 15 is 0 Å². The zero-order valence-electron chi connectivity index (χ0n) is 13.5. The molecule has 0 saturated carbocycles. The molecule has 1 aliphatic carbocycles. The highest BCUT2D eigenvalue weighted by Crippen LogP contribution is 2.42. The minimum absolute atomic E-state index is 0. The Morgan fingerprint density at radius 1 is 1.22 bits per heavy atom. The van der Waals surface area contributed by atoms with Gasteiger partial charge in [0.2, 0.25) is 0 Å². The van der Waals surface area contributed by atoms with Crippen molar-refractivity contribution in [1.82, 2.24) is 4.90 Å². The SMILES string of the molecule is CCCN(C)[C@@H]1Cc2cc(F)c(O)cc2[C@H]1c1ccccc1.Cl. The van der Waals surface area contributed by atoms with Crippen molar-refractivity contribution in [2.45, 2.75) is 31.7 Å². The molecule has 0 amide bonds. The summed E-state index contributed by atoms with van der Waals surface area (Å²) in [5.74, 6) is -0.595. The van der Waals surface area contributed by atoms with Crippen molar-refractivity contribution >= 4 is 12.4 Å². The average molecular weight is 336 g/mol. The fraction of sp³-hybridized carbons (Fsp3) is 0.368. The maximum absolute atomic E-state index is 13.7. The van der Waals surface area contributed by atoms with Crippen LogP contribution in [0.1, 0.15) is 36.0 Å². The third-order valence-corrected chi connectivity index (χ3v) is 4.66. The lowest BCUT2D eigenvalue weighted by molar-refractivity contribution is 0.233. The van der Waals surface area contributed by atoms with Crippen LogP contribution in [0.4, 0.5) is 4.39 Å². The number of aromatic hydroxyl groups is 1. The molecule has 4 heteroatoms. The maximum atomic E-state index is 13.7. The molecule has 2 aromatic rings. The highest BCUT2D eigenvalue weighted by molar-refractivity contribution is 5.85. The third-order valence-electron chi connectivity index (χ3n) is 4.66. The van der Waals surface area contributed by atoms with E-state index in [0.29, 0.717) is 6.04 Å². The minimum atomic E-state index is -0.524. The maximum Gasteiger partial charge on any atom is 0.165 e. The van der Waals surface area contributed by atoms with Crippen LogP contribution in [0.25, 0.3) is 0 Å². The summed E-state index contributed by atoms with van der Waals surface area (Å²) >= 11 is 0. The molecule has 0 saturated heterocycles. The lowest BCUT2D eigenvalue weighted by Crippen LogP contribution is -2.36. The second-order valence-electron chi connectivity index (χ2n) is 6.14. The van der Waals surface area contributed by atoms with Crippen LogP contribution in [0, 0.1) is 5.82 Å². The van der Waals surface area contributed by atoms with Gasteiger partial charge in [-0.25, -0.2) is 4.39 Å². The van der Waals surface area contributed by atoms with E-state index in [1.54, 1.807) is 6.07 Å². The summed E-state index contributed by atoms with van der Waals surface area (Å²) in [5.41, 5.74) is 3.29. The Balaban J connectivity index is 0.00000192. The number of benzene rings is 2. The molecule has 3 rings (SSSR count). The van der Waals surface area contributed by atoms with Gasteiger partial charge in [-0.05, 0) is 55.3 Å². The molecule has 2 atom stereocenters. The van der Waals surface area contributed by atoms with Gasteiger partial charge in [0, 0.05) is 12.0 Å². The number of phenolic OH excluding ortho intramolecular Hbond substituents is 1. The van der Waals surface area contributed by atoms with Gasteiger partial charge in [-0.3, -0.25) is 0 Å². The largest absolute Gasteiger partial charge is 0.505 e. The van der Waals surface area contributed by atoms with Gasteiger partial charge in [-0.1, -0.05) is 37.3 Å². The van der Waals surface area contributed by atoms with Gasteiger partial charge >= 0.3 is 0 Å². The molecule has 1 aliphatic rings. The summed E-state index contributed by atoms with van der Waals surface area (Å²) in [6.07, 6.45) is 1.91. The Morgan fingerprint density at radius 2 is 1.91 bits per heavy atom. The molecule has 124 valence electrons. The first kappa shape index (κ1) is 17.8. The van der Waals surface area contributed by atoms with Crippen molar-refractivity contribution in [1.29, 1.82) is 0 Å². The van der Waals surface area contributed by atoms with Crippen LogP contribution in [0.5, 0.6) is 5.75 Å². The van der Waals surface area contributed by atoms with Crippen molar-refractivity contribution in [3.05, 3.63) is 65.0 Å². The first-order valence-electron chi connectivity index (χ1n) is 7.88. The van der Waals surface area contributed by atoms with Crippen molar-refractivity contribution in [2.75, 3.05) is 13.6 Å². The zero-order valence-corrected chi connectivity index (χ0v) is 14.3. The second kappa shape index (κ2) is 7.33. The van der Waals surface area contributed by atoms with Gasteiger partial charge in [0.25, 0.3) is 0 Å². The summed E-state index contributed by atoms with van der Waals surface area (Å²) < 4.78 is 13.7. The lowest BCUT2D eigenvalue weighted by Gasteiger charge is -2.30. The van der Waals surface area contributed by atoms with Gasteiger partial charge < -0.3 is 10.0 Å². The standard InChI is InChI=1S/C19H22FNO.ClH/c1-3-9-21(2)17-11-14-10-16(20)18(22)12-15(14)19(17)13-7-5-4-6-8-13;/h4-8,10,12,17,19,22H,3,9,11H2,1-2H3;1H/t17-,19-;/m1./s1. The van der Waals surface area contributed by atoms with Crippen molar-refractivity contribution in [2.24, 2.45) is 0 Å². The first-order valence-corrected chi connectivity index (χ1v) is 7.88. The molecular weight excluding hydrogens is 313 g/mol. The topological polar surface area (TPSA) is 23.5 Å². The summed E-state index contributed by atoms with van der Waals surface area (Å²) in [4.78, 5) is 2.35. The van der Waals surface area contributed by atoms with E-state index in [1.165, 1.54) is 11.6 Å². The smallest absolute Gasteiger partial charge is 0.165 e. The number of phenols is 1. The van der Waals surface area contributed by atoms with E-state index in [4.69, 9.17) is 0 Å². The molecule has 0 unspecified atom stereocenters. The van der Waals surface area contributed by atoms with E-state index in [0.717, 1.165) is 30.5 Å². The van der Waals surface area contributed by atoms with E-state index in [2.05, 4.69) is 31.0 Å². The van der Waals surface area contributed by atoms with Crippen LogP contribution < -0.4 is 0 Å². The predicted molar refractivity (Wildman–Crippen MR) is 94.0 cm³/mol. The third kappa shape index (κ3) is 3.36. The van der Waals surface area contributed by atoms with Gasteiger partial charge in [-0.2, -0.15) is 0 Å². The Bertz CT molecular complexity index is 662. The summed E-state index contributed by atoms with van der Waals surface area (Å²) in [7, 11) is 2.13. The zero-order chi connectivity index (χ0) is 15.7. The van der Waals surface area contributed by atoms with Crippen LogP contribution in [-0.4, -0.2) is 29.6 Å². The van der Waals surface area contributed by atoms with Crippen molar-refractivity contribution in [3.8, 4) is 5.75 Å². The van der Waals surface area contributed by atoms with Crippen LogP contribution in [-0.2, 0) is 6.42 Å². The van der Waals surface area contributed by atoms with Gasteiger partial charge in [0.05, 0.1) is 0 Å². The van der Waals surface area contributed by atoms with Crippen LogP contribution in [0.3, 0.4) is 0 Å². The molecule has 0 heterocycles. The Kier molecular flexibility index (Phi) is 5.66. The molecule has 0 spiro atoms. The fourth-order valence-electron chi connectivity index (χ4n) is 3.63. The van der Waals surface area contributed by atoms with E-state index in [-0.39, 0.29) is 24.1 Å². The Morgan fingerprint density at radius 3 is 2.57 bits per heavy atom. The molecule has 1 N–H and O–H groups in total. The highest BCUT2D eigenvalue weighted by Gasteiger charge is 2.36. The summed E-state index contributed by atoms with van der Waals surface area (Å²) in [5, 5.41) is 9.79.